The number of hydrogen-bond acceptors (Lipinski definition) is 5. The molecule has 0 unspecified atom stereocenters. The van der Waals surface area contributed by atoms with E-state index in [0.717, 1.165) is 13.0 Å². The van der Waals surface area contributed by atoms with Crippen molar-refractivity contribution in [2.24, 2.45) is 0 Å². The number of rotatable bonds is 3. The van der Waals surface area contributed by atoms with Crippen molar-refractivity contribution >= 4 is 27.3 Å². The molecule has 0 radical (unpaired) electrons. The fourth-order valence-electron chi connectivity index (χ4n) is 3.49. The molecule has 2 saturated heterocycles. The van der Waals surface area contributed by atoms with Crippen LogP contribution in [0.2, 0.25) is 5.02 Å². The smallest absolute Gasteiger partial charge is 0.272 e. The molecule has 6 nitrogen and oxygen atoms in total. The Labute approximate surface area is 141 Å². The molecule has 0 N–H and O–H groups in total. The highest BCUT2D eigenvalue weighted by Crippen LogP contribution is 2.28. The van der Waals surface area contributed by atoms with Crippen LogP contribution in [0.15, 0.2) is 18.3 Å². The maximum atomic E-state index is 12.7. The minimum absolute atomic E-state index is 0.0389. The lowest BCUT2D eigenvalue weighted by atomic mass is 10.0. The first-order valence-electron chi connectivity index (χ1n) is 7.78. The van der Waals surface area contributed by atoms with E-state index in [1.54, 1.807) is 17.0 Å². The van der Waals surface area contributed by atoms with Crippen LogP contribution in [0.1, 0.15) is 23.8 Å². The molecule has 0 spiro atoms. The van der Waals surface area contributed by atoms with Gasteiger partial charge in [-0.25, -0.2) is 13.4 Å². The van der Waals surface area contributed by atoms with Gasteiger partial charge in [-0.2, -0.15) is 0 Å². The summed E-state index contributed by atoms with van der Waals surface area (Å²) in [5.41, 5.74) is 0.307. The Morgan fingerprint density at radius 2 is 2.04 bits per heavy atom. The van der Waals surface area contributed by atoms with E-state index in [4.69, 9.17) is 11.6 Å². The summed E-state index contributed by atoms with van der Waals surface area (Å²) in [6.07, 6.45) is 2.40. The Bertz CT molecular complexity index is 692. The molecule has 2 atom stereocenters. The van der Waals surface area contributed by atoms with Crippen LogP contribution in [0.5, 0.6) is 0 Å². The average molecular weight is 358 g/mol. The number of carbonyl (C=O) groups is 1. The fraction of sp³-hybridized carbons (Fsp3) is 0.600. The van der Waals surface area contributed by atoms with Gasteiger partial charge < -0.3 is 4.90 Å². The SMILES string of the molecule is CCCN1CCN(C(=O)c2ccc(Cl)cn2)[C@H]2CS(=O)(=O)C[C@H]21. The molecule has 0 aliphatic carbocycles. The van der Waals surface area contributed by atoms with E-state index in [9.17, 15) is 13.2 Å². The first-order chi connectivity index (χ1) is 10.9. The average Bonchev–Trinajstić information content (AvgIpc) is 2.83. The van der Waals surface area contributed by atoms with Crippen LogP contribution in [-0.2, 0) is 9.84 Å². The lowest BCUT2D eigenvalue weighted by Crippen LogP contribution is -2.60. The van der Waals surface area contributed by atoms with Crippen LogP contribution in [0.3, 0.4) is 0 Å². The first-order valence-corrected chi connectivity index (χ1v) is 9.98. The highest BCUT2D eigenvalue weighted by atomic mass is 35.5. The number of amides is 1. The molecule has 0 saturated carbocycles. The van der Waals surface area contributed by atoms with Crippen molar-refractivity contribution in [2.45, 2.75) is 25.4 Å². The van der Waals surface area contributed by atoms with E-state index < -0.39 is 9.84 Å². The Hall–Kier alpha value is -1.18. The van der Waals surface area contributed by atoms with Crippen LogP contribution in [0.25, 0.3) is 0 Å². The van der Waals surface area contributed by atoms with E-state index >= 15 is 0 Å². The third-order valence-corrected chi connectivity index (χ3v) is 6.43. The van der Waals surface area contributed by atoms with Crippen molar-refractivity contribution in [3.8, 4) is 0 Å². The molecule has 23 heavy (non-hydrogen) atoms. The summed E-state index contributed by atoms with van der Waals surface area (Å²) >= 11 is 5.81. The van der Waals surface area contributed by atoms with Crippen molar-refractivity contribution in [3.63, 3.8) is 0 Å². The van der Waals surface area contributed by atoms with Crippen LogP contribution in [0.4, 0.5) is 0 Å². The number of pyridine rings is 1. The zero-order valence-corrected chi connectivity index (χ0v) is 14.6. The van der Waals surface area contributed by atoms with Crippen LogP contribution < -0.4 is 0 Å². The number of piperazine rings is 1. The molecular formula is C15H20ClN3O3S. The van der Waals surface area contributed by atoms with Crippen molar-refractivity contribution in [1.29, 1.82) is 0 Å². The third-order valence-electron chi connectivity index (χ3n) is 4.51. The molecule has 3 rings (SSSR count). The van der Waals surface area contributed by atoms with Crippen molar-refractivity contribution in [3.05, 3.63) is 29.0 Å². The van der Waals surface area contributed by atoms with Gasteiger partial charge in [0, 0.05) is 25.3 Å². The molecule has 1 aromatic heterocycles. The van der Waals surface area contributed by atoms with Gasteiger partial charge in [-0.1, -0.05) is 18.5 Å². The standard InChI is InChI=1S/C15H20ClN3O3S/c1-2-5-18-6-7-19(14-10-23(21,22)9-13(14)18)15(20)12-4-3-11(16)8-17-12/h3-4,8,13-14H,2,5-7,9-10H2,1H3/t13-,14+/m1/s1. The second kappa shape index (κ2) is 6.37. The van der Waals surface area contributed by atoms with Crippen LogP contribution in [-0.4, -0.2) is 72.3 Å². The van der Waals surface area contributed by atoms with Gasteiger partial charge in [-0.3, -0.25) is 9.69 Å². The summed E-state index contributed by atoms with van der Waals surface area (Å²) in [4.78, 5) is 20.7. The van der Waals surface area contributed by atoms with Gasteiger partial charge in [0.1, 0.15) is 5.69 Å². The van der Waals surface area contributed by atoms with E-state index in [1.807, 2.05) is 0 Å². The summed E-state index contributed by atoms with van der Waals surface area (Å²) in [5.74, 6) is -0.0444. The summed E-state index contributed by atoms with van der Waals surface area (Å²) in [6.45, 7) is 4.16. The van der Waals surface area contributed by atoms with Crippen molar-refractivity contribution < 1.29 is 13.2 Å². The molecule has 2 aliphatic heterocycles. The second-order valence-electron chi connectivity index (χ2n) is 6.11. The maximum Gasteiger partial charge on any atom is 0.272 e. The number of nitrogens with zero attached hydrogens (tertiary/aromatic N) is 3. The minimum Gasteiger partial charge on any atom is -0.330 e. The van der Waals surface area contributed by atoms with E-state index in [0.29, 0.717) is 23.8 Å². The molecule has 8 heteroatoms. The number of aromatic nitrogens is 1. The molecule has 2 aliphatic rings. The third kappa shape index (κ3) is 3.36. The lowest BCUT2D eigenvalue weighted by molar-refractivity contribution is 0.0328. The molecule has 0 bridgehead atoms. The van der Waals surface area contributed by atoms with Gasteiger partial charge in [0.15, 0.2) is 9.84 Å². The van der Waals surface area contributed by atoms with Gasteiger partial charge in [0.25, 0.3) is 5.91 Å². The molecule has 1 aromatic rings. The maximum absolute atomic E-state index is 12.7. The quantitative estimate of drug-likeness (QED) is 0.809. The number of halogens is 1. The predicted molar refractivity (Wildman–Crippen MR) is 88.4 cm³/mol. The first kappa shape index (κ1) is 16.7. The van der Waals surface area contributed by atoms with Gasteiger partial charge in [0.05, 0.1) is 22.6 Å². The second-order valence-corrected chi connectivity index (χ2v) is 8.70. The zero-order chi connectivity index (χ0) is 16.6. The summed E-state index contributed by atoms with van der Waals surface area (Å²) in [5, 5.41) is 0.468. The summed E-state index contributed by atoms with van der Waals surface area (Å²) in [6, 6.07) is 2.81. The Morgan fingerprint density at radius 1 is 1.30 bits per heavy atom. The molecule has 126 valence electrons. The van der Waals surface area contributed by atoms with Gasteiger partial charge in [-0.15, -0.1) is 0 Å². The van der Waals surface area contributed by atoms with E-state index in [-0.39, 0.29) is 29.5 Å². The number of sulfone groups is 1. The van der Waals surface area contributed by atoms with E-state index in [2.05, 4.69) is 16.8 Å². The highest BCUT2D eigenvalue weighted by Gasteiger charge is 2.47. The monoisotopic (exact) mass is 357 g/mol. The molecule has 0 aromatic carbocycles. The summed E-state index contributed by atoms with van der Waals surface area (Å²) in [7, 11) is -3.11. The Kier molecular flexibility index (Phi) is 4.62. The minimum atomic E-state index is -3.11. The van der Waals surface area contributed by atoms with Gasteiger partial charge >= 0.3 is 0 Å². The lowest BCUT2D eigenvalue weighted by Gasteiger charge is -2.43. The largest absolute Gasteiger partial charge is 0.330 e. The normalized spacial score (nSPS) is 27.0. The van der Waals surface area contributed by atoms with Crippen molar-refractivity contribution in [1.82, 2.24) is 14.8 Å². The molecular weight excluding hydrogens is 338 g/mol. The predicted octanol–water partition coefficient (Wildman–Crippen LogP) is 1.07. The summed E-state index contributed by atoms with van der Waals surface area (Å²) < 4.78 is 24.2. The van der Waals surface area contributed by atoms with Gasteiger partial charge in [-0.05, 0) is 25.1 Å². The number of fused-ring (bicyclic) bond motifs is 1. The molecule has 2 fully saturated rings. The Morgan fingerprint density at radius 3 is 2.70 bits per heavy atom. The Balaban J connectivity index is 1.86. The number of carbonyl (C=O) groups excluding carboxylic acids is 1. The highest BCUT2D eigenvalue weighted by molar-refractivity contribution is 7.91. The zero-order valence-electron chi connectivity index (χ0n) is 13.0. The van der Waals surface area contributed by atoms with Crippen LogP contribution in [0, 0.1) is 0 Å². The fourth-order valence-corrected chi connectivity index (χ4v) is 5.61. The van der Waals surface area contributed by atoms with E-state index in [1.165, 1.54) is 6.20 Å². The topological polar surface area (TPSA) is 70.6 Å². The van der Waals surface area contributed by atoms with Crippen molar-refractivity contribution in [2.75, 3.05) is 31.1 Å². The number of hydrogen-bond donors (Lipinski definition) is 0. The van der Waals surface area contributed by atoms with Crippen LogP contribution >= 0.6 is 11.6 Å². The van der Waals surface area contributed by atoms with Gasteiger partial charge in [0.2, 0.25) is 0 Å². The molecule has 1 amide bonds. The molecule has 3 heterocycles.